The van der Waals surface area contributed by atoms with Gasteiger partial charge >= 0.3 is 6.18 Å². The number of nitrogens with one attached hydrogen (secondary N) is 1. The quantitative estimate of drug-likeness (QED) is 0.480. The number of likely N-dealkylation sites (tertiary alicyclic amines) is 1. The molecule has 1 aromatic carbocycles. The van der Waals surface area contributed by atoms with Crippen molar-refractivity contribution in [2.75, 3.05) is 19.0 Å². The maximum atomic E-state index is 12.8. The number of alkyl halides is 3. The first-order valence-corrected chi connectivity index (χ1v) is 10.6. The summed E-state index contributed by atoms with van der Waals surface area (Å²) in [4.78, 5) is 22.1. The molecule has 10 heteroatoms. The Balaban J connectivity index is 1.56. The molecule has 1 N–H and O–H groups in total. The van der Waals surface area contributed by atoms with Crippen LogP contribution in [0.25, 0.3) is 0 Å². The molecule has 1 aliphatic rings. The fourth-order valence-corrected chi connectivity index (χ4v) is 3.57. The molecule has 178 valence electrons. The summed E-state index contributed by atoms with van der Waals surface area (Å²) in [7, 11) is 1.59. The predicted molar refractivity (Wildman–Crippen MR) is 119 cm³/mol. The van der Waals surface area contributed by atoms with E-state index in [4.69, 9.17) is 9.47 Å². The smallest absolute Gasteiger partial charge is 0.417 e. The Morgan fingerprint density at radius 1 is 1.09 bits per heavy atom. The second kappa shape index (κ2) is 10.1. The van der Waals surface area contributed by atoms with Gasteiger partial charge in [-0.1, -0.05) is 0 Å². The Morgan fingerprint density at radius 3 is 2.56 bits per heavy atom. The van der Waals surface area contributed by atoms with E-state index in [1.54, 1.807) is 48.5 Å². The molecule has 1 amide bonds. The Morgan fingerprint density at radius 2 is 1.94 bits per heavy atom. The minimum Gasteiger partial charge on any atom is -0.455 e. The number of rotatable bonds is 8. The van der Waals surface area contributed by atoms with Gasteiger partial charge in [0, 0.05) is 44.1 Å². The number of anilines is 2. The molecule has 1 aliphatic heterocycles. The lowest BCUT2D eigenvalue weighted by molar-refractivity contribution is -0.137. The molecule has 0 radical (unpaired) electrons. The van der Waals surface area contributed by atoms with Gasteiger partial charge < -0.3 is 19.7 Å². The van der Waals surface area contributed by atoms with E-state index in [0.717, 1.165) is 29.9 Å². The molecule has 0 unspecified atom stereocenters. The van der Waals surface area contributed by atoms with Crippen LogP contribution < -0.4 is 10.1 Å². The van der Waals surface area contributed by atoms with Gasteiger partial charge in [-0.15, -0.1) is 0 Å². The zero-order valence-electron chi connectivity index (χ0n) is 18.4. The number of nitrogens with zero attached hydrogens (tertiary/aromatic N) is 3. The van der Waals surface area contributed by atoms with E-state index in [9.17, 15) is 18.0 Å². The Bertz CT molecular complexity index is 1140. The highest BCUT2D eigenvalue weighted by Crippen LogP contribution is 2.32. The lowest BCUT2D eigenvalue weighted by Gasteiger charge is -2.19. The molecule has 34 heavy (non-hydrogen) atoms. The molecular formula is C24H23F3N4O3. The number of carbonyl (C=O) groups is 1. The molecule has 2 aromatic heterocycles. The number of benzene rings is 1. The summed E-state index contributed by atoms with van der Waals surface area (Å²) in [6, 6.07) is 11.1. The topological polar surface area (TPSA) is 76.6 Å². The van der Waals surface area contributed by atoms with Crippen LogP contribution in [0.3, 0.4) is 0 Å². The number of pyridine rings is 2. The highest BCUT2D eigenvalue weighted by molar-refractivity contribution is 5.78. The van der Waals surface area contributed by atoms with Crippen LogP contribution >= 0.6 is 0 Å². The second-order valence-electron chi connectivity index (χ2n) is 7.82. The van der Waals surface area contributed by atoms with E-state index in [2.05, 4.69) is 15.3 Å². The monoisotopic (exact) mass is 472 g/mol. The van der Waals surface area contributed by atoms with Crippen LogP contribution in [0.1, 0.15) is 29.7 Å². The van der Waals surface area contributed by atoms with Crippen molar-refractivity contribution in [1.29, 1.82) is 0 Å². The number of aromatic nitrogens is 2. The van der Waals surface area contributed by atoms with Crippen molar-refractivity contribution in [2.24, 2.45) is 0 Å². The summed E-state index contributed by atoms with van der Waals surface area (Å²) < 4.78 is 49.5. The second-order valence-corrected chi connectivity index (χ2v) is 7.82. The van der Waals surface area contributed by atoms with Crippen molar-refractivity contribution in [3.8, 4) is 11.5 Å². The summed E-state index contributed by atoms with van der Waals surface area (Å²) in [6.07, 6.45) is -0.764. The Hall–Kier alpha value is -3.66. The predicted octanol–water partition coefficient (Wildman–Crippen LogP) is 5.30. The number of methoxy groups -OCH3 is 1. The summed E-state index contributed by atoms with van der Waals surface area (Å²) in [6.45, 7) is 1.39. The van der Waals surface area contributed by atoms with Gasteiger partial charge in [0.05, 0.1) is 24.1 Å². The van der Waals surface area contributed by atoms with Crippen LogP contribution in [0.15, 0.2) is 54.9 Å². The SMILES string of the molecule is COCc1ccc(Oc2ccc(Nc3ccc(C(F)(F)F)cn3)cc2CN2CCCC2=O)cn1. The third-order valence-electron chi connectivity index (χ3n) is 5.27. The molecule has 0 aliphatic carbocycles. The average Bonchev–Trinajstić information content (AvgIpc) is 3.21. The average molecular weight is 472 g/mol. The van der Waals surface area contributed by atoms with Crippen molar-refractivity contribution in [3.05, 3.63) is 71.7 Å². The van der Waals surface area contributed by atoms with Crippen molar-refractivity contribution < 1.29 is 27.4 Å². The Kier molecular flexibility index (Phi) is 6.97. The van der Waals surface area contributed by atoms with Gasteiger partial charge in [-0.05, 0) is 48.9 Å². The van der Waals surface area contributed by atoms with E-state index in [1.807, 2.05) is 0 Å². The first kappa shape index (κ1) is 23.5. The number of amides is 1. The highest BCUT2D eigenvalue weighted by atomic mass is 19.4. The lowest BCUT2D eigenvalue weighted by atomic mass is 10.1. The molecule has 0 saturated carbocycles. The molecule has 0 atom stereocenters. The molecule has 4 rings (SSSR count). The summed E-state index contributed by atoms with van der Waals surface area (Å²) >= 11 is 0. The van der Waals surface area contributed by atoms with E-state index < -0.39 is 11.7 Å². The molecule has 0 spiro atoms. The first-order valence-electron chi connectivity index (χ1n) is 10.6. The Labute approximate surface area is 194 Å². The van der Waals surface area contributed by atoms with E-state index in [0.29, 0.717) is 43.3 Å². The lowest BCUT2D eigenvalue weighted by Crippen LogP contribution is -2.24. The number of ether oxygens (including phenoxy) is 2. The van der Waals surface area contributed by atoms with Gasteiger partial charge in [-0.3, -0.25) is 9.78 Å². The zero-order chi connectivity index (χ0) is 24.1. The fourth-order valence-electron chi connectivity index (χ4n) is 3.57. The van der Waals surface area contributed by atoms with Gasteiger partial charge in [0.25, 0.3) is 0 Å². The summed E-state index contributed by atoms with van der Waals surface area (Å²) in [5.41, 5.74) is 1.30. The van der Waals surface area contributed by atoms with Gasteiger partial charge in [0.1, 0.15) is 17.3 Å². The maximum absolute atomic E-state index is 12.8. The maximum Gasteiger partial charge on any atom is 0.417 e. The fraction of sp³-hybridized carbons (Fsp3) is 0.292. The van der Waals surface area contributed by atoms with Crippen LogP contribution in [0.5, 0.6) is 11.5 Å². The zero-order valence-corrected chi connectivity index (χ0v) is 18.4. The molecular weight excluding hydrogens is 449 g/mol. The highest BCUT2D eigenvalue weighted by Gasteiger charge is 2.30. The van der Waals surface area contributed by atoms with Crippen LogP contribution in [-0.2, 0) is 28.9 Å². The van der Waals surface area contributed by atoms with Crippen LogP contribution in [0, 0.1) is 0 Å². The number of hydrogen-bond acceptors (Lipinski definition) is 6. The van der Waals surface area contributed by atoms with Gasteiger partial charge in [0.2, 0.25) is 5.91 Å². The van der Waals surface area contributed by atoms with Gasteiger partial charge in [-0.25, -0.2) is 4.98 Å². The molecule has 7 nitrogen and oxygen atoms in total. The third-order valence-corrected chi connectivity index (χ3v) is 5.27. The molecule has 1 fully saturated rings. The molecule has 3 aromatic rings. The normalized spacial score (nSPS) is 13.9. The molecule has 3 heterocycles. The van der Waals surface area contributed by atoms with E-state index in [1.165, 1.54) is 6.07 Å². The van der Waals surface area contributed by atoms with E-state index >= 15 is 0 Å². The minimum absolute atomic E-state index is 0.0688. The van der Waals surface area contributed by atoms with Crippen molar-refractivity contribution in [2.45, 2.75) is 32.2 Å². The van der Waals surface area contributed by atoms with Crippen molar-refractivity contribution in [3.63, 3.8) is 0 Å². The van der Waals surface area contributed by atoms with Gasteiger partial charge in [-0.2, -0.15) is 13.2 Å². The minimum atomic E-state index is -4.45. The summed E-state index contributed by atoms with van der Waals surface area (Å²) in [5, 5.41) is 3.01. The third kappa shape index (κ3) is 5.82. The molecule has 0 bridgehead atoms. The largest absolute Gasteiger partial charge is 0.455 e. The van der Waals surface area contributed by atoms with Crippen molar-refractivity contribution >= 4 is 17.4 Å². The number of carbonyl (C=O) groups excluding carboxylic acids is 1. The summed E-state index contributed by atoms with van der Waals surface area (Å²) in [5.74, 6) is 1.41. The van der Waals surface area contributed by atoms with Gasteiger partial charge in [0.15, 0.2) is 0 Å². The van der Waals surface area contributed by atoms with E-state index in [-0.39, 0.29) is 11.7 Å². The standard InChI is InChI=1S/C24H23F3N4O3/c1-33-15-19-5-7-20(13-28-19)34-21-8-6-18(11-16(21)14-31-10-2-3-23(31)32)30-22-9-4-17(12-29-22)24(25,26)27/h4-9,11-13H,2-3,10,14-15H2,1H3,(H,29,30). The van der Waals surface area contributed by atoms with Crippen LogP contribution in [0.4, 0.5) is 24.7 Å². The first-order chi connectivity index (χ1) is 16.3. The van der Waals surface area contributed by atoms with Crippen LogP contribution in [-0.4, -0.2) is 34.4 Å². The number of halogens is 3. The van der Waals surface area contributed by atoms with Crippen molar-refractivity contribution in [1.82, 2.24) is 14.9 Å². The molecule has 1 saturated heterocycles. The number of hydrogen-bond donors (Lipinski definition) is 1. The van der Waals surface area contributed by atoms with Crippen LogP contribution in [0.2, 0.25) is 0 Å².